The number of nitrogens with two attached hydrogens (primary N) is 1. The van der Waals surface area contributed by atoms with Crippen molar-refractivity contribution in [3.8, 4) is 11.1 Å². The molecule has 1 heterocycles. The van der Waals surface area contributed by atoms with Gasteiger partial charge in [0.05, 0.1) is 16.3 Å². The fraction of sp³-hybridized carbons (Fsp3) is 0.357. The number of hydrogen-bond donors (Lipinski definition) is 1. The Labute approximate surface area is 116 Å². The summed E-state index contributed by atoms with van der Waals surface area (Å²) < 4.78 is 18.9. The van der Waals surface area contributed by atoms with Gasteiger partial charge in [0.1, 0.15) is 5.82 Å². The third-order valence-electron chi connectivity index (χ3n) is 3.02. The highest BCUT2D eigenvalue weighted by Gasteiger charge is 2.21. The summed E-state index contributed by atoms with van der Waals surface area (Å²) in [6.45, 7) is 2.12. The van der Waals surface area contributed by atoms with Crippen LogP contribution in [0.1, 0.15) is 31.9 Å². The van der Waals surface area contributed by atoms with E-state index in [1.54, 1.807) is 12.1 Å². The maximum atomic E-state index is 14.0. The molecule has 0 radical (unpaired) electrons. The number of benzene rings is 1. The first-order chi connectivity index (χ1) is 9.15. The van der Waals surface area contributed by atoms with E-state index in [0.717, 1.165) is 19.3 Å². The van der Waals surface area contributed by atoms with Gasteiger partial charge in [0.2, 0.25) is 5.88 Å². The SMILES string of the molecule is CCCCCc1noc(N)c1-c1c(F)cccc1Cl. The lowest BCUT2D eigenvalue weighted by Crippen LogP contribution is -1.95. The smallest absolute Gasteiger partial charge is 0.230 e. The average Bonchev–Trinajstić information content (AvgIpc) is 2.72. The molecule has 5 heteroatoms. The van der Waals surface area contributed by atoms with Gasteiger partial charge in [0, 0.05) is 5.56 Å². The van der Waals surface area contributed by atoms with E-state index < -0.39 is 5.82 Å². The van der Waals surface area contributed by atoms with Crippen LogP contribution in [-0.2, 0) is 6.42 Å². The van der Waals surface area contributed by atoms with E-state index in [1.807, 2.05) is 0 Å². The Morgan fingerprint density at radius 1 is 1.32 bits per heavy atom. The monoisotopic (exact) mass is 282 g/mol. The minimum Gasteiger partial charge on any atom is -0.367 e. The number of aryl methyl sites for hydroxylation is 1. The van der Waals surface area contributed by atoms with Crippen molar-refractivity contribution < 1.29 is 8.91 Å². The Bertz CT molecular complexity index is 548. The molecule has 0 unspecified atom stereocenters. The second kappa shape index (κ2) is 6.06. The number of unbranched alkanes of at least 4 members (excludes halogenated alkanes) is 2. The van der Waals surface area contributed by atoms with Crippen LogP contribution in [0.25, 0.3) is 11.1 Å². The predicted octanol–water partition coefficient (Wildman–Crippen LogP) is 4.45. The van der Waals surface area contributed by atoms with Gasteiger partial charge in [-0.1, -0.05) is 42.6 Å². The number of anilines is 1. The van der Waals surface area contributed by atoms with Gasteiger partial charge in [0.25, 0.3) is 0 Å². The topological polar surface area (TPSA) is 52.0 Å². The van der Waals surface area contributed by atoms with E-state index in [-0.39, 0.29) is 11.4 Å². The summed E-state index contributed by atoms with van der Waals surface area (Å²) in [6, 6.07) is 4.54. The summed E-state index contributed by atoms with van der Waals surface area (Å²) in [4.78, 5) is 0. The highest BCUT2D eigenvalue weighted by molar-refractivity contribution is 6.33. The zero-order valence-electron chi connectivity index (χ0n) is 10.7. The molecule has 1 aromatic carbocycles. The second-order valence-electron chi connectivity index (χ2n) is 4.42. The van der Waals surface area contributed by atoms with Crippen molar-refractivity contribution in [2.45, 2.75) is 32.6 Å². The van der Waals surface area contributed by atoms with Crippen molar-refractivity contribution in [3.63, 3.8) is 0 Å². The fourth-order valence-electron chi connectivity index (χ4n) is 2.05. The van der Waals surface area contributed by atoms with Crippen LogP contribution < -0.4 is 5.73 Å². The highest BCUT2D eigenvalue weighted by Crippen LogP contribution is 2.37. The van der Waals surface area contributed by atoms with Gasteiger partial charge in [-0.2, -0.15) is 0 Å². The van der Waals surface area contributed by atoms with E-state index in [1.165, 1.54) is 6.07 Å². The lowest BCUT2D eigenvalue weighted by Gasteiger charge is -2.06. The van der Waals surface area contributed by atoms with Crippen molar-refractivity contribution in [1.82, 2.24) is 5.16 Å². The number of nitrogen functional groups attached to an aromatic ring is 1. The first-order valence-corrected chi connectivity index (χ1v) is 6.71. The first kappa shape index (κ1) is 13.9. The zero-order chi connectivity index (χ0) is 13.8. The molecule has 2 rings (SSSR count). The van der Waals surface area contributed by atoms with Gasteiger partial charge in [0.15, 0.2) is 0 Å². The lowest BCUT2D eigenvalue weighted by molar-refractivity contribution is 0.426. The van der Waals surface area contributed by atoms with Crippen LogP contribution in [0.2, 0.25) is 5.02 Å². The average molecular weight is 283 g/mol. The van der Waals surface area contributed by atoms with Gasteiger partial charge in [-0.15, -0.1) is 0 Å². The number of rotatable bonds is 5. The lowest BCUT2D eigenvalue weighted by atomic mass is 10.0. The fourth-order valence-corrected chi connectivity index (χ4v) is 2.31. The third kappa shape index (κ3) is 2.89. The molecule has 2 N–H and O–H groups in total. The van der Waals surface area contributed by atoms with E-state index in [0.29, 0.717) is 22.7 Å². The van der Waals surface area contributed by atoms with Gasteiger partial charge in [-0.25, -0.2) is 4.39 Å². The van der Waals surface area contributed by atoms with Gasteiger partial charge in [-0.3, -0.25) is 0 Å². The van der Waals surface area contributed by atoms with Crippen LogP contribution in [0.15, 0.2) is 22.7 Å². The Balaban J connectivity index is 2.41. The molecule has 0 saturated heterocycles. The van der Waals surface area contributed by atoms with Crippen LogP contribution >= 0.6 is 11.6 Å². The molecule has 1 aromatic heterocycles. The van der Waals surface area contributed by atoms with Crippen molar-refractivity contribution in [2.24, 2.45) is 0 Å². The van der Waals surface area contributed by atoms with Crippen molar-refractivity contribution in [3.05, 3.63) is 34.7 Å². The molecule has 2 aromatic rings. The highest BCUT2D eigenvalue weighted by atomic mass is 35.5. The summed E-state index contributed by atoms with van der Waals surface area (Å²) in [7, 11) is 0. The molecule has 0 spiro atoms. The van der Waals surface area contributed by atoms with Crippen molar-refractivity contribution in [2.75, 3.05) is 5.73 Å². The number of halogens is 2. The first-order valence-electron chi connectivity index (χ1n) is 6.33. The maximum absolute atomic E-state index is 14.0. The molecule has 0 atom stereocenters. The zero-order valence-corrected chi connectivity index (χ0v) is 11.5. The van der Waals surface area contributed by atoms with E-state index in [9.17, 15) is 4.39 Å². The summed E-state index contributed by atoms with van der Waals surface area (Å²) in [6.07, 6.45) is 3.84. The van der Waals surface area contributed by atoms with Gasteiger partial charge < -0.3 is 10.3 Å². The van der Waals surface area contributed by atoms with Crippen molar-refractivity contribution >= 4 is 17.5 Å². The second-order valence-corrected chi connectivity index (χ2v) is 4.83. The molecule has 0 saturated carbocycles. The minimum atomic E-state index is -0.417. The maximum Gasteiger partial charge on any atom is 0.230 e. The van der Waals surface area contributed by atoms with E-state index in [2.05, 4.69) is 12.1 Å². The van der Waals surface area contributed by atoms with E-state index >= 15 is 0 Å². The number of aromatic nitrogens is 1. The Morgan fingerprint density at radius 3 is 2.79 bits per heavy atom. The van der Waals surface area contributed by atoms with Crippen molar-refractivity contribution in [1.29, 1.82) is 0 Å². The molecule has 3 nitrogen and oxygen atoms in total. The van der Waals surface area contributed by atoms with Crippen LogP contribution in [-0.4, -0.2) is 5.16 Å². The molecule has 102 valence electrons. The molecular weight excluding hydrogens is 267 g/mol. The minimum absolute atomic E-state index is 0.110. The Hall–Kier alpha value is -1.55. The quantitative estimate of drug-likeness (QED) is 0.824. The molecule has 0 bridgehead atoms. The molecular formula is C14H16ClFN2O. The van der Waals surface area contributed by atoms with Crippen LogP contribution in [0.4, 0.5) is 10.3 Å². The Morgan fingerprint density at radius 2 is 2.11 bits per heavy atom. The molecule has 0 aliphatic rings. The summed E-state index contributed by atoms with van der Waals surface area (Å²) in [5.74, 6) is -0.308. The van der Waals surface area contributed by atoms with Crippen LogP contribution in [0, 0.1) is 5.82 Å². The summed E-state index contributed by atoms with van der Waals surface area (Å²) >= 11 is 6.06. The standard InChI is InChI=1S/C14H16ClFN2O/c1-2-3-4-8-11-13(14(17)19-18-11)12-9(15)6-5-7-10(12)16/h5-7H,2-4,8,17H2,1H3. The molecule has 0 aliphatic carbocycles. The number of hydrogen-bond acceptors (Lipinski definition) is 3. The molecule has 0 fully saturated rings. The predicted molar refractivity (Wildman–Crippen MR) is 74.5 cm³/mol. The molecule has 19 heavy (non-hydrogen) atoms. The molecule has 0 aliphatic heterocycles. The van der Waals surface area contributed by atoms with Crippen LogP contribution in [0.3, 0.4) is 0 Å². The van der Waals surface area contributed by atoms with Gasteiger partial charge >= 0.3 is 0 Å². The largest absolute Gasteiger partial charge is 0.367 e. The molecule has 0 amide bonds. The summed E-state index contributed by atoms with van der Waals surface area (Å²) in [5.41, 5.74) is 7.18. The Kier molecular flexibility index (Phi) is 4.43. The number of nitrogens with zero attached hydrogens (tertiary/aromatic N) is 1. The van der Waals surface area contributed by atoms with Gasteiger partial charge in [-0.05, 0) is 25.0 Å². The normalized spacial score (nSPS) is 10.9. The summed E-state index contributed by atoms with van der Waals surface area (Å²) in [5, 5.41) is 4.23. The third-order valence-corrected chi connectivity index (χ3v) is 3.33. The van der Waals surface area contributed by atoms with Crippen LogP contribution in [0.5, 0.6) is 0 Å². The van der Waals surface area contributed by atoms with E-state index in [4.69, 9.17) is 21.9 Å².